The number of hydrogen-bond acceptors (Lipinski definition) is 4. The fourth-order valence-electron chi connectivity index (χ4n) is 3.88. The van der Waals surface area contributed by atoms with Crippen molar-refractivity contribution in [2.24, 2.45) is 7.05 Å². The molecule has 0 unspecified atom stereocenters. The molecular formula is C22H29ClN4O. The number of fused-ring (bicyclic) bond motifs is 1. The Morgan fingerprint density at radius 2 is 1.86 bits per heavy atom. The molecule has 0 radical (unpaired) electrons. The average molecular weight is 401 g/mol. The first kappa shape index (κ1) is 20.3. The molecule has 0 aliphatic carbocycles. The molecule has 0 saturated heterocycles. The summed E-state index contributed by atoms with van der Waals surface area (Å²) in [7, 11) is 3.64. The molecule has 1 aromatic heterocycles. The van der Waals surface area contributed by atoms with Gasteiger partial charge in [-0.25, -0.2) is 4.98 Å². The van der Waals surface area contributed by atoms with Crippen LogP contribution in [0.4, 0.5) is 11.6 Å². The first-order valence-corrected chi connectivity index (χ1v) is 10.1. The van der Waals surface area contributed by atoms with E-state index in [1.54, 1.807) is 7.11 Å². The van der Waals surface area contributed by atoms with E-state index >= 15 is 0 Å². The number of anilines is 2. The molecule has 0 amide bonds. The molecule has 3 rings (SSSR count). The summed E-state index contributed by atoms with van der Waals surface area (Å²) in [4.78, 5) is 7.13. The molecule has 0 atom stereocenters. The molecular weight excluding hydrogens is 372 g/mol. The molecule has 28 heavy (non-hydrogen) atoms. The number of ether oxygens (including phenoxy) is 1. The smallest absolute Gasteiger partial charge is 0.201 e. The van der Waals surface area contributed by atoms with Crippen LogP contribution in [0.1, 0.15) is 32.3 Å². The Labute approximate surface area is 172 Å². The standard InChI is InChI=1S/C22H29ClN4O/c1-6-10-27(11-7-2)17-9-8-16(20-21(17)26(4)22(24)25-20)19-14(3)12-15(23)13-18(19)28-5/h8-9,12-13H,6-7,10-11H2,1-5H3,(H2,24,25). The van der Waals surface area contributed by atoms with Crippen molar-refractivity contribution in [2.45, 2.75) is 33.6 Å². The summed E-state index contributed by atoms with van der Waals surface area (Å²) < 4.78 is 7.62. The van der Waals surface area contributed by atoms with Gasteiger partial charge in [0.15, 0.2) is 0 Å². The number of rotatable bonds is 7. The Morgan fingerprint density at radius 3 is 2.46 bits per heavy atom. The molecule has 0 spiro atoms. The van der Waals surface area contributed by atoms with Gasteiger partial charge < -0.3 is 19.9 Å². The summed E-state index contributed by atoms with van der Waals surface area (Å²) in [6, 6.07) is 8.10. The normalized spacial score (nSPS) is 11.2. The lowest BCUT2D eigenvalue weighted by Gasteiger charge is -2.25. The Bertz CT molecular complexity index is 990. The topological polar surface area (TPSA) is 56.3 Å². The summed E-state index contributed by atoms with van der Waals surface area (Å²) in [6.07, 6.45) is 2.17. The molecule has 150 valence electrons. The lowest BCUT2D eigenvalue weighted by molar-refractivity contribution is 0.416. The van der Waals surface area contributed by atoms with Crippen molar-refractivity contribution in [1.82, 2.24) is 9.55 Å². The Kier molecular flexibility index (Phi) is 6.04. The number of halogens is 1. The highest BCUT2D eigenvalue weighted by molar-refractivity contribution is 6.31. The van der Waals surface area contributed by atoms with Gasteiger partial charge in [-0.15, -0.1) is 0 Å². The fourth-order valence-corrected chi connectivity index (χ4v) is 4.15. The highest BCUT2D eigenvalue weighted by Gasteiger charge is 2.21. The van der Waals surface area contributed by atoms with Gasteiger partial charge in [0.25, 0.3) is 0 Å². The van der Waals surface area contributed by atoms with Crippen molar-refractivity contribution in [1.29, 1.82) is 0 Å². The number of methoxy groups -OCH3 is 1. The number of imidazole rings is 1. The van der Waals surface area contributed by atoms with Crippen LogP contribution in [-0.4, -0.2) is 29.8 Å². The van der Waals surface area contributed by atoms with Gasteiger partial charge in [-0.1, -0.05) is 25.4 Å². The number of benzene rings is 2. The summed E-state index contributed by atoms with van der Waals surface area (Å²) in [5, 5.41) is 0.656. The van der Waals surface area contributed by atoms with Gasteiger partial charge >= 0.3 is 0 Å². The highest BCUT2D eigenvalue weighted by atomic mass is 35.5. The molecule has 1 heterocycles. The van der Waals surface area contributed by atoms with Crippen molar-refractivity contribution >= 4 is 34.3 Å². The van der Waals surface area contributed by atoms with E-state index in [4.69, 9.17) is 27.1 Å². The summed E-state index contributed by atoms with van der Waals surface area (Å²) in [5.41, 5.74) is 12.4. The van der Waals surface area contributed by atoms with E-state index in [0.717, 1.165) is 59.4 Å². The van der Waals surface area contributed by atoms with Crippen LogP contribution < -0.4 is 15.4 Å². The lowest BCUT2D eigenvalue weighted by Crippen LogP contribution is -2.25. The minimum absolute atomic E-state index is 0.502. The van der Waals surface area contributed by atoms with Gasteiger partial charge in [0, 0.05) is 36.3 Å². The quantitative estimate of drug-likeness (QED) is 0.575. The number of aromatic nitrogens is 2. The summed E-state index contributed by atoms with van der Waals surface area (Å²) >= 11 is 6.25. The van der Waals surface area contributed by atoms with Crippen LogP contribution in [0.3, 0.4) is 0 Å². The van der Waals surface area contributed by atoms with Gasteiger partial charge in [0.2, 0.25) is 5.95 Å². The monoisotopic (exact) mass is 400 g/mol. The van der Waals surface area contributed by atoms with Gasteiger partial charge in [0.1, 0.15) is 11.3 Å². The largest absolute Gasteiger partial charge is 0.496 e. The molecule has 6 heteroatoms. The molecule has 0 aliphatic rings. The van der Waals surface area contributed by atoms with E-state index in [1.807, 2.05) is 30.7 Å². The molecule has 3 aromatic rings. The molecule has 0 fully saturated rings. The van der Waals surface area contributed by atoms with E-state index in [2.05, 4.69) is 30.9 Å². The third-order valence-electron chi connectivity index (χ3n) is 5.12. The Morgan fingerprint density at radius 1 is 1.18 bits per heavy atom. The van der Waals surface area contributed by atoms with Crippen molar-refractivity contribution in [2.75, 3.05) is 30.8 Å². The average Bonchev–Trinajstić information content (AvgIpc) is 2.96. The molecule has 2 aromatic carbocycles. The van der Waals surface area contributed by atoms with Crippen LogP contribution in [0.2, 0.25) is 5.02 Å². The third-order valence-corrected chi connectivity index (χ3v) is 5.33. The number of nitrogens with zero attached hydrogens (tertiary/aromatic N) is 3. The second-order valence-corrected chi connectivity index (χ2v) is 7.58. The van der Waals surface area contributed by atoms with E-state index in [9.17, 15) is 0 Å². The maximum Gasteiger partial charge on any atom is 0.201 e. The SMILES string of the molecule is CCCN(CCC)c1ccc(-c2c(C)cc(Cl)cc2OC)c2nc(N)n(C)c12. The second kappa shape index (κ2) is 8.31. The van der Waals surface area contributed by atoms with Crippen LogP contribution in [0.25, 0.3) is 22.2 Å². The lowest BCUT2D eigenvalue weighted by atomic mass is 9.97. The van der Waals surface area contributed by atoms with Crippen molar-refractivity contribution in [3.05, 3.63) is 34.9 Å². The van der Waals surface area contributed by atoms with Gasteiger partial charge in [-0.3, -0.25) is 0 Å². The van der Waals surface area contributed by atoms with Crippen LogP contribution >= 0.6 is 11.6 Å². The molecule has 0 bridgehead atoms. The van der Waals surface area contributed by atoms with Crippen molar-refractivity contribution < 1.29 is 4.74 Å². The predicted octanol–water partition coefficient (Wildman–Crippen LogP) is 5.42. The molecule has 0 aliphatic heterocycles. The Hall–Kier alpha value is -2.40. The second-order valence-electron chi connectivity index (χ2n) is 7.15. The maximum absolute atomic E-state index is 6.25. The Balaban J connectivity index is 2.32. The van der Waals surface area contributed by atoms with Crippen LogP contribution in [0.15, 0.2) is 24.3 Å². The van der Waals surface area contributed by atoms with Gasteiger partial charge in [-0.05, 0) is 49.6 Å². The van der Waals surface area contributed by atoms with Crippen molar-refractivity contribution in [3.63, 3.8) is 0 Å². The molecule has 5 nitrogen and oxygen atoms in total. The zero-order valence-corrected chi connectivity index (χ0v) is 18.1. The minimum Gasteiger partial charge on any atom is -0.496 e. The van der Waals surface area contributed by atoms with Crippen LogP contribution in [-0.2, 0) is 7.05 Å². The summed E-state index contributed by atoms with van der Waals surface area (Å²) in [5.74, 6) is 1.24. The minimum atomic E-state index is 0.502. The predicted molar refractivity (Wildman–Crippen MR) is 120 cm³/mol. The van der Waals surface area contributed by atoms with E-state index in [-0.39, 0.29) is 0 Å². The molecule has 2 N–H and O–H groups in total. The highest BCUT2D eigenvalue weighted by Crippen LogP contribution is 2.42. The van der Waals surface area contributed by atoms with E-state index in [1.165, 1.54) is 5.69 Å². The number of nitrogen functional groups attached to an aromatic ring is 1. The maximum atomic E-state index is 6.25. The van der Waals surface area contributed by atoms with E-state index < -0.39 is 0 Å². The first-order chi connectivity index (χ1) is 13.4. The van der Waals surface area contributed by atoms with Crippen LogP contribution in [0.5, 0.6) is 5.75 Å². The summed E-state index contributed by atoms with van der Waals surface area (Å²) in [6.45, 7) is 8.44. The van der Waals surface area contributed by atoms with Crippen LogP contribution in [0, 0.1) is 6.92 Å². The third kappa shape index (κ3) is 3.51. The number of aryl methyl sites for hydroxylation is 2. The van der Waals surface area contributed by atoms with Crippen molar-refractivity contribution in [3.8, 4) is 16.9 Å². The van der Waals surface area contributed by atoms with E-state index in [0.29, 0.717) is 11.0 Å². The fraction of sp³-hybridized carbons (Fsp3) is 0.409. The zero-order valence-electron chi connectivity index (χ0n) is 17.3. The van der Waals surface area contributed by atoms with Gasteiger partial charge in [-0.2, -0.15) is 0 Å². The first-order valence-electron chi connectivity index (χ1n) is 9.77. The van der Waals surface area contributed by atoms with Gasteiger partial charge in [0.05, 0.1) is 18.3 Å². The number of hydrogen-bond donors (Lipinski definition) is 1. The zero-order chi connectivity index (χ0) is 20.4. The molecule has 0 saturated carbocycles. The number of nitrogens with two attached hydrogens (primary N) is 1.